The number of aliphatic hydroxyl groups is 2. The molecule has 1 aromatic heterocycles. The molecule has 100 valence electrons. The predicted molar refractivity (Wildman–Crippen MR) is 65.4 cm³/mol. The number of aliphatic hydroxyl groups excluding tert-OH is 2. The fourth-order valence-corrected chi connectivity index (χ4v) is 2.28. The van der Waals surface area contributed by atoms with Crippen molar-refractivity contribution >= 4 is 12.2 Å². The summed E-state index contributed by atoms with van der Waals surface area (Å²) in [5, 5.41) is 18.8. The third-order valence-electron chi connectivity index (χ3n) is 2.99. The summed E-state index contributed by atoms with van der Waals surface area (Å²) in [6.45, 7) is 1.28. The highest BCUT2D eigenvalue weighted by Crippen LogP contribution is 2.30. The van der Waals surface area contributed by atoms with Crippen LogP contribution >= 0.6 is 12.2 Å². The number of aryl methyl sites for hydroxylation is 1. The number of hydrogen-bond donors (Lipinski definition) is 4. The van der Waals surface area contributed by atoms with Crippen molar-refractivity contribution < 1.29 is 14.9 Å². The highest BCUT2D eigenvalue weighted by Gasteiger charge is 2.44. The van der Waals surface area contributed by atoms with Gasteiger partial charge in [0.1, 0.15) is 6.10 Å². The first-order valence-corrected chi connectivity index (χ1v) is 5.87. The van der Waals surface area contributed by atoms with E-state index in [1.54, 1.807) is 6.92 Å². The van der Waals surface area contributed by atoms with Crippen LogP contribution in [0.25, 0.3) is 0 Å². The van der Waals surface area contributed by atoms with Crippen LogP contribution in [0.15, 0.2) is 11.0 Å². The molecule has 5 N–H and O–H groups in total. The monoisotopic (exact) mass is 273 g/mol. The van der Waals surface area contributed by atoms with Gasteiger partial charge in [-0.3, -0.25) is 20.1 Å². The van der Waals surface area contributed by atoms with Crippen LogP contribution in [0.3, 0.4) is 0 Å². The van der Waals surface area contributed by atoms with E-state index in [1.807, 2.05) is 0 Å². The van der Waals surface area contributed by atoms with Gasteiger partial charge in [0.05, 0.1) is 12.7 Å². The van der Waals surface area contributed by atoms with E-state index < -0.39 is 18.1 Å². The van der Waals surface area contributed by atoms with Crippen molar-refractivity contribution in [3.63, 3.8) is 0 Å². The summed E-state index contributed by atoms with van der Waals surface area (Å²) in [7, 11) is 0. The average molecular weight is 273 g/mol. The molecule has 1 fully saturated rings. The lowest BCUT2D eigenvalue weighted by Gasteiger charge is -2.27. The molecule has 0 aliphatic carbocycles. The Labute approximate surface area is 108 Å². The van der Waals surface area contributed by atoms with Crippen LogP contribution in [0.5, 0.6) is 0 Å². The van der Waals surface area contributed by atoms with Gasteiger partial charge < -0.3 is 14.9 Å². The number of ether oxygens (including phenoxy) is 1. The summed E-state index contributed by atoms with van der Waals surface area (Å²) >= 11 is 5.02. The third-order valence-corrected chi connectivity index (χ3v) is 3.29. The van der Waals surface area contributed by atoms with Gasteiger partial charge in [0, 0.05) is 18.2 Å². The molecule has 0 radical (unpaired) electrons. The molecular formula is C10H15N3O4S. The molecule has 18 heavy (non-hydrogen) atoms. The zero-order chi connectivity index (χ0) is 13.5. The first-order valence-electron chi connectivity index (χ1n) is 5.46. The number of nitrogens with two attached hydrogens (primary N) is 1. The first-order chi connectivity index (χ1) is 8.37. The molecule has 2 heterocycles. The van der Waals surface area contributed by atoms with E-state index in [0.29, 0.717) is 5.56 Å². The number of nitrogens with one attached hydrogen (secondary N) is 1. The fourth-order valence-electron chi connectivity index (χ4n) is 1.98. The topological polar surface area (TPSA) is 114 Å². The lowest BCUT2D eigenvalue weighted by atomic mass is 10.1. The van der Waals surface area contributed by atoms with Gasteiger partial charge in [-0.05, 0) is 19.1 Å². The Balaban J connectivity index is 2.47. The Morgan fingerprint density at radius 3 is 3.00 bits per heavy atom. The molecule has 0 aromatic carbocycles. The standard InChI is InChI=1S/C10H15N3O4S/c1-5-3-13(9(18)12-8(5)16)10(11)2-6(15)7(4-14)17-10/h3,6-7,14-15H,2,4,11H2,1H3,(H,12,16,18)/t6-,7+,10-/m0/s1. The molecule has 8 heteroatoms. The van der Waals surface area contributed by atoms with Crippen LogP contribution in [0.2, 0.25) is 0 Å². The molecule has 1 saturated heterocycles. The lowest BCUT2D eigenvalue weighted by molar-refractivity contribution is -0.114. The van der Waals surface area contributed by atoms with Crippen molar-refractivity contribution in [2.75, 3.05) is 6.61 Å². The number of nitrogens with zero attached hydrogens (tertiary/aromatic N) is 1. The minimum absolute atomic E-state index is 0.0814. The quantitative estimate of drug-likeness (QED) is 0.510. The maximum absolute atomic E-state index is 11.4. The van der Waals surface area contributed by atoms with E-state index in [9.17, 15) is 9.90 Å². The van der Waals surface area contributed by atoms with Gasteiger partial charge in [0.15, 0.2) is 4.77 Å². The number of aromatic nitrogens is 2. The van der Waals surface area contributed by atoms with Crippen LogP contribution < -0.4 is 11.3 Å². The zero-order valence-corrected chi connectivity index (χ0v) is 10.6. The van der Waals surface area contributed by atoms with Gasteiger partial charge in [0.2, 0.25) is 5.85 Å². The summed E-state index contributed by atoms with van der Waals surface area (Å²) < 4.78 is 6.92. The second-order valence-electron chi connectivity index (χ2n) is 4.40. The maximum Gasteiger partial charge on any atom is 0.254 e. The molecule has 3 atom stereocenters. The van der Waals surface area contributed by atoms with Crippen molar-refractivity contribution in [3.05, 3.63) is 26.9 Å². The van der Waals surface area contributed by atoms with Crippen LogP contribution in [-0.2, 0) is 10.6 Å². The summed E-state index contributed by atoms with van der Waals surface area (Å²) in [6.07, 6.45) is -0.0793. The van der Waals surface area contributed by atoms with E-state index in [0.717, 1.165) is 0 Å². The van der Waals surface area contributed by atoms with E-state index in [1.165, 1.54) is 10.8 Å². The van der Waals surface area contributed by atoms with E-state index in [4.69, 9.17) is 27.8 Å². The molecule has 1 aromatic rings. The maximum atomic E-state index is 11.4. The Morgan fingerprint density at radius 2 is 2.44 bits per heavy atom. The smallest absolute Gasteiger partial charge is 0.254 e. The van der Waals surface area contributed by atoms with Gasteiger partial charge in [0.25, 0.3) is 5.56 Å². The second kappa shape index (κ2) is 4.56. The highest BCUT2D eigenvalue weighted by atomic mass is 32.1. The van der Waals surface area contributed by atoms with E-state index in [2.05, 4.69) is 4.98 Å². The van der Waals surface area contributed by atoms with Gasteiger partial charge in [-0.15, -0.1) is 0 Å². The van der Waals surface area contributed by atoms with Crippen molar-refractivity contribution in [2.24, 2.45) is 5.73 Å². The fraction of sp³-hybridized carbons (Fsp3) is 0.600. The molecular weight excluding hydrogens is 258 g/mol. The van der Waals surface area contributed by atoms with E-state index in [-0.39, 0.29) is 23.4 Å². The Morgan fingerprint density at radius 1 is 1.78 bits per heavy atom. The van der Waals surface area contributed by atoms with Crippen LogP contribution in [0.1, 0.15) is 12.0 Å². The normalized spacial score (nSPS) is 31.8. The van der Waals surface area contributed by atoms with Gasteiger partial charge in [-0.1, -0.05) is 0 Å². The molecule has 0 amide bonds. The van der Waals surface area contributed by atoms with Crippen molar-refractivity contribution in [1.82, 2.24) is 9.55 Å². The summed E-state index contributed by atoms with van der Waals surface area (Å²) in [4.78, 5) is 13.9. The van der Waals surface area contributed by atoms with Crippen LogP contribution in [0.4, 0.5) is 0 Å². The average Bonchev–Trinajstić information content (AvgIpc) is 2.59. The van der Waals surface area contributed by atoms with Crippen LogP contribution in [-0.4, -0.2) is 38.6 Å². The molecule has 2 rings (SSSR count). The minimum Gasteiger partial charge on any atom is -0.394 e. The summed E-state index contributed by atoms with van der Waals surface area (Å²) in [5.74, 6) is -1.36. The highest BCUT2D eigenvalue weighted by molar-refractivity contribution is 7.71. The molecule has 0 unspecified atom stereocenters. The molecule has 1 aliphatic heterocycles. The third kappa shape index (κ3) is 2.13. The molecule has 0 bridgehead atoms. The molecule has 1 aliphatic rings. The molecule has 7 nitrogen and oxygen atoms in total. The first kappa shape index (κ1) is 13.4. The minimum atomic E-state index is -1.36. The van der Waals surface area contributed by atoms with Gasteiger partial charge >= 0.3 is 0 Å². The zero-order valence-electron chi connectivity index (χ0n) is 9.79. The summed E-state index contributed by atoms with van der Waals surface area (Å²) in [5.41, 5.74) is 6.17. The van der Waals surface area contributed by atoms with Gasteiger partial charge in [-0.2, -0.15) is 0 Å². The Hall–Kier alpha value is -1.06. The van der Waals surface area contributed by atoms with E-state index >= 15 is 0 Å². The SMILES string of the molecule is Cc1cn([C@@]2(N)C[C@H](O)[C@@H](CO)O2)c(=S)[nH]c1=O. The van der Waals surface area contributed by atoms with Crippen molar-refractivity contribution in [2.45, 2.75) is 31.4 Å². The van der Waals surface area contributed by atoms with Gasteiger partial charge in [-0.25, -0.2) is 0 Å². The van der Waals surface area contributed by atoms with Crippen molar-refractivity contribution in [3.8, 4) is 0 Å². The van der Waals surface area contributed by atoms with Crippen LogP contribution in [0, 0.1) is 11.7 Å². The Bertz CT molecular complexity index is 569. The summed E-state index contributed by atoms with van der Waals surface area (Å²) in [6, 6.07) is 0. The van der Waals surface area contributed by atoms with Crippen molar-refractivity contribution in [1.29, 1.82) is 0 Å². The Kier molecular flexibility index (Phi) is 3.39. The molecule has 0 saturated carbocycles. The lowest BCUT2D eigenvalue weighted by Crippen LogP contribution is -2.44. The number of aromatic amines is 1. The second-order valence-corrected chi connectivity index (χ2v) is 4.78. The number of hydrogen-bond acceptors (Lipinski definition) is 6. The largest absolute Gasteiger partial charge is 0.394 e. The number of H-pyrrole nitrogens is 1. The molecule has 0 spiro atoms. The predicted octanol–water partition coefficient (Wildman–Crippen LogP) is -1.07. The number of rotatable bonds is 2.